The maximum absolute atomic E-state index is 12.9. The number of halogens is 3. The average Bonchev–Trinajstić information content (AvgIpc) is 2.21. The third-order valence-electron chi connectivity index (χ3n) is 1.94. The fraction of sp³-hybridized carbons (Fsp3) is 0.300. The van der Waals surface area contributed by atoms with E-state index in [1.165, 1.54) is 6.07 Å². The Morgan fingerprint density at radius 1 is 1.47 bits per heavy atom. The van der Waals surface area contributed by atoms with Crippen LogP contribution in [0.2, 0.25) is 0 Å². The first-order chi connectivity index (χ1) is 7.04. The van der Waals surface area contributed by atoms with Crippen LogP contribution >= 0.6 is 15.9 Å². The molecule has 15 heavy (non-hydrogen) atoms. The second kappa shape index (κ2) is 5.21. The van der Waals surface area contributed by atoms with Crippen LogP contribution < -0.4 is 5.32 Å². The summed E-state index contributed by atoms with van der Waals surface area (Å²) in [5.41, 5.74) is 0.531. The molecule has 1 N–H and O–H groups in total. The Morgan fingerprint density at radius 2 is 2.13 bits per heavy atom. The first-order valence-corrected chi connectivity index (χ1v) is 5.47. The van der Waals surface area contributed by atoms with Crippen molar-refractivity contribution in [2.45, 2.75) is 13.0 Å². The summed E-state index contributed by atoms with van der Waals surface area (Å²) in [5.74, 6) is -2.00. The fourth-order valence-electron chi connectivity index (χ4n) is 1.15. The predicted molar refractivity (Wildman–Crippen MR) is 56.7 cm³/mol. The van der Waals surface area contributed by atoms with Crippen LogP contribution in [0, 0.1) is 11.6 Å². The molecule has 2 nitrogen and oxygen atoms in total. The summed E-state index contributed by atoms with van der Waals surface area (Å²) in [6, 6.07) is 3.22. The SMILES string of the molecule is C[C@H](NC(=O)CBr)c1ccc(F)c(F)c1. The molecule has 1 atom stereocenters. The first kappa shape index (κ1) is 12.1. The Morgan fingerprint density at radius 3 is 2.67 bits per heavy atom. The minimum atomic E-state index is -0.910. The standard InChI is InChI=1S/C10H10BrF2NO/c1-6(14-10(15)5-11)7-2-3-8(12)9(13)4-7/h2-4,6H,5H2,1H3,(H,14,15)/t6-/m0/s1. The molecule has 82 valence electrons. The Kier molecular flexibility index (Phi) is 4.20. The van der Waals surface area contributed by atoms with Crippen molar-refractivity contribution in [3.63, 3.8) is 0 Å². The number of carbonyl (C=O) groups excluding carboxylic acids is 1. The normalized spacial score (nSPS) is 12.3. The van der Waals surface area contributed by atoms with Crippen molar-refractivity contribution in [2.24, 2.45) is 0 Å². The zero-order chi connectivity index (χ0) is 11.4. The Balaban J connectivity index is 2.78. The van der Waals surface area contributed by atoms with Gasteiger partial charge >= 0.3 is 0 Å². The van der Waals surface area contributed by atoms with E-state index in [4.69, 9.17) is 0 Å². The summed E-state index contributed by atoms with van der Waals surface area (Å²) in [6.45, 7) is 1.70. The van der Waals surface area contributed by atoms with E-state index in [9.17, 15) is 13.6 Å². The van der Waals surface area contributed by atoms with Gasteiger partial charge in [0.25, 0.3) is 0 Å². The molecular formula is C10H10BrF2NO. The summed E-state index contributed by atoms with van der Waals surface area (Å²) in [5, 5.41) is 2.80. The molecule has 0 unspecified atom stereocenters. The summed E-state index contributed by atoms with van der Waals surface area (Å²) < 4.78 is 25.5. The number of carbonyl (C=O) groups is 1. The number of rotatable bonds is 3. The molecule has 0 bridgehead atoms. The molecule has 1 amide bonds. The van der Waals surface area contributed by atoms with E-state index in [1.54, 1.807) is 6.92 Å². The van der Waals surface area contributed by atoms with Gasteiger partial charge in [0, 0.05) is 0 Å². The van der Waals surface area contributed by atoms with E-state index < -0.39 is 11.6 Å². The Bertz CT molecular complexity index is 370. The zero-order valence-electron chi connectivity index (χ0n) is 8.06. The third-order valence-corrected chi connectivity index (χ3v) is 2.45. The molecule has 5 heteroatoms. The van der Waals surface area contributed by atoms with Crippen LogP contribution in [-0.2, 0) is 4.79 Å². The molecule has 1 rings (SSSR count). The van der Waals surface area contributed by atoms with Crippen molar-refractivity contribution >= 4 is 21.8 Å². The van der Waals surface area contributed by atoms with Gasteiger partial charge in [-0.2, -0.15) is 0 Å². The van der Waals surface area contributed by atoms with Crippen LogP contribution in [0.5, 0.6) is 0 Å². The van der Waals surface area contributed by atoms with Crippen LogP contribution in [0.25, 0.3) is 0 Å². The van der Waals surface area contributed by atoms with Gasteiger partial charge in [-0.05, 0) is 24.6 Å². The monoisotopic (exact) mass is 277 g/mol. The van der Waals surface area contributed by atoms with Crippen molar-refractivity contribution < 1.29 is 13.6 Å². The lowest BCUT2D eigenvalue weighted by Gasteiger charge is -2.13. The lowest BCUT2D eigenvalue weighted by molar-refractivity contribution is -0.119. The largest absolute Gasteiger partial charge is 0.349 e. The molecule has 0 aliphatic carbocycles. The molecule has 0 aromatic heterocycles. The van der Waals surface area contributed by atoms with Crippen LogP contribution in [-0.4, -0.2) is 11.2 Å². The van der Waals surface area contributed by atoms with Crippen LogP contribution in [0.1, 0.15) is 18.5 Å². The van der Waals surface area contributed by atoms with E-state index >= 15 is 0 Å². The zero-order valence-corrected chi connectivity index (χ0v) is 9.64. The number of hydrogen-bond donors (Lipinski definition) is 1. The van der Waals surface area contributed by atoms with Gasteiger partial charge in [0.2, 0.25) is 5.91 Å². The minimum absolute atomic E-state index is 0.182. The van der Waals surface area contributed by atoms with Crippen molar-refractivity contribution in [1.82, 2.24) is 5.32 Å². The van der Waals surface area contributed by atoms with Crippen molar-refractivity contribution in [3.05, 3.63) is 35.4 Å². The summed E-state index contributed by atoms with van der Waals surface area (Å²) in [6.07, 6.45) is 0. The highest BCUT2D eigenvalue weighted by Gasteiger charge is 2.10. The lowest BCUT2D eigenvalue weighted by atomic mass is 10.1. The minimum Gasteiger partial charge on any atom is -0.349 e. The van der Waals surface area contributed by atoms with E-state index in [0.29, 0.717) is 5.56 Å². The van der Waals surface area contributed by atoms with Gasteiger partial charge in [0.05, 0.1) is 11.4 Å². The molecule has 0 spiro atoms. The van der Waals surface area contributed by atoms with Gasteiger partial charge in [-0.15, -0.1) is 0 Å². The second-order valence-electron chi connectivity index (χ2n) is 3.10. The number of alkyl halides is 1. The number of hydrogen-bond acceptors (Lipinski definition) is 1. The van der Waals surface area contributed by atoms with Gasteiger partial charge in [-0.3, -0.25) is 4.79 Å². The highest BCUT2D eigenvalue weighted by molar-refractivity contribution is 9.09. The van der Waals surface area contributed by atoms with E-state index in [1.807, 2.05) is 0 Å². The van der Waals surface area contributed by atoms with Crippen LogP contribution in [0.3, 0.4) is 0 Å². The van der Waals surface area contributed by atoms with Gasteiger partial charge in [0.1, 0.15) is 0 Å². The molecule has 0 saturated carbocycles. The van der Waals surface area contributed by atoms with Gasteiger partial charge < -0.3 is 5.32 Å². The smallest absolute Gasteiger partial charge is 0.231 e. The molecule has 0 aliphatic rings. The van der Waals surface area contributed by atoms with E-state index in [2.05, 4.69) is 21.2 Å². The van der Waals surface area contributed by atoms with Crippen molar-refractivity contribution in [1.29, 1.82) is 0 Å². The van der Waals surface area contributed by atoms with Gasteiger partial charge in [-0.25, -0.2) is 8.78 Å². The highest BCUT2D eigenvalue weighted by Crippen LogP contribution is 2.15. The molecule has 0 saturated heterocycles. The molecule has 1 aromatic rings. The van der Waals surface area contributed by atoms with Gasteiger partial charge in [0.15, 0.2) is 11.6 Å². The predicted octanol–water partition coefficient (Wildman–Crippen LogP) is 2.54. The van der Waals surface area contributed by atoms with Gasteiger partial charge in [-0.1, -0.05) is 22.0 Å². The average molecular weight is 278 g/mol. The molecule has 0 heterocycles. The number of amides is 1. The third kappa shape index (κ3) is 3.27. The van der Waals surface area contributed by atoms with E-state index in [0.717, 1.165) is 12.1 Å². The summed E-state index contributed by atoms with van der Waals surface area (Å²) >= 11 is 3.00. The molecule has 0 fully saturated rings. The maximum Gasteiger partial charge on any atom is 0.231 e. The van der Waals surface area contributed by atoms with Crippen molar-refractivity contribution in [3.8, 4) is 0 Å². The first-order valence-electron chi connectivity index (χ1n) is 4.35. The maximum atomic E-state index is 12.9. The number of benzene rings is 1. The van der Waals surface area contributed by atoms with Crippen LogP contribution in [0.4, 0.5) is 8.78 Å². The topological polar surface area (TPSA) is 29.1 Å². The number of nitrogens with one attached hydrogen (secondary N) is 1. The van der Waals surface area contributed by atoms with Crippen molar-refractivity contribution in [2.75, 3.05) is 5.33 Å². The van der Waals surface area contributed by atoms with E-state index in [-0.39, 0.29) is 17.3 Å². The molecule has 0 radical (unpaired) electrons. The lowest BCUT2D eigenvalue weighted by Crippen LogP contribution is -2.27. The van der Waals surface area contributed by atoms with Crippen LogP contribution in [0.15, 0.2) is 18.2 Å². The summed E-state index contributed by atoms with van der Waals surface area (Å²) in [7, 11) is 0. The Hall–Kier alpha value is -0.970. The summed E-state index contributed by atoms with van der Waals surface area (Å²) in [4.78, 5) is 11.0. The highest BCUT2D eigenvalue weighted by atomic mass is 79.9. The quantitative estimate of drug-likeness (QED) is 0.846. The molecule has 1 aromatic carbocycles. The molecular weight excluding hydrogens is 268 g/mol. The Labute approximate surface area is 94.8 Å². The molecule has 0 aliphatic heterocycles. The fourth-order valence-corrected chi connectivity index (χ4v) is 1.31. The second-order valence-corrected chi connectivity index (χ2v) is 3.66.